The second-order valence-electron chi connectivity index (χ2n) is 5.12. The van der Waals surface area contributed by atoms with Gasteiger partial charge in [-0.3, -0.25) is 0 Å². The number of hydrogen-bond donors (Lipinski definition) is 1. The molecular weight excluding hydrogens is 240 g/mol. The van der Waals surface area contributed by atoms with Gasteiger partial charge in [-0.15, -0.1) is 0 Å². The van der Waals surface area contributed by atoms with Crippen LogP contribution in [-0.4, -0.2) is 51.3 Å². The summed E-state index contributed by atoms with van der Waals surface area (Å²) >= 11 is 0. The fraction of sp³-hybridized carbons (Fsp3) is 0.600. The van der Waals surface area contributed by atoms with E-state index < -0.39 is 0 Å². The predicted molar refractivity (Wildman–Crippen MR) is 77.0 cm³/mol. The Labute approximate surface area is 115 Å². The van der Waals surface area contributed by atoms with Crippen molar-refractivity contribution in [2.24, 2.45) is 5.92 Å². The molecule has 1 N–H and O–H groups in total. The number of ether oxygens (including phenoxy) is 2. The summed E-state index contributed by atoms with van der Waals surface area (Å²) in [5, 5.41) is 3.37. The summed E-state index contributed by atoms with van der Waals surface area (Å²) in [5.41, 5.74) is 0. The van der Waals surface area contributed by atoms with Gasteiger partial charge in [0.2, 0.25) is 0 Å². The van der Waals surface area contributed by atoms with E-state index in [9.17, 15) is 0 Å². The molecule has 1 aromatic rings. The van der Waals surface area contributed by atoms with Gasteiger partial charge in [0.15, 0.2) is 11.5 Å². The lowest BCUT2D eigenvalue weighted by Crippen LogP contribution is -2.45. The molecule has 0 aromatic heterocycles. The van der Waals surface area contributed by atoms with Crippen molar-refractivity contribution in [3.63, 3.8) is 0 Å². The summed E-state index contributed by atoms with van der Waals surface area (Å²) in [6.45, 7) is 8.52. The standard InChI is InChI=1S/C15H24N2O2/c1-13(11-17-9-7-16-8-10-17)12-19-15-6-4-3-5-14(15)18-2/h3-6,13,16H,7-12H2,1-2H3. The van der Waals surface area contributed by atoms with E-state index in [1.807, 2.05) is 24.3 Å². The molecule has 1 saturated heterocycles. The first-order valence-electron chi connectivity index (χ1n) is 6.98. The first-order chi connectivity index (χ1) is 9.29. The van der Waals surface area contributed by atoms with Crippen LogP contribution >= 0.6 is 0 Å². The summed E-state index contributed by atoms with van der Waals surface area (Å²) in [6, 6.07) is 7.81. The van der Waals surface area contributed by atoms with Crippen LogP contribution in [-0.2, 0) is 0 Å². The number of benzene rings is 1. The third-order valence-electron chi connectivity index (χ3n) is 3.37. The number of para-hydroxylation sites is 2. The molecule has 1 aromatic carbocycles. The maximum Gasteiger partial charge on any atom is 0.161 e. The van der Waals surface area contributed by atoms with Gasteiger partial charge in [0.05, 0.1) is 13.7 Å². The lowest BCUT2D eigenvalue weighted by molar-refractivity contribution is 0.169. The van der Waals surface area contributed by atoms with E-state index in [2.05, 4.69) is 17.1 Å². The Hall–Kier alpha value is -1.26. The topological polar surface area (TPSA) is 33.7 Å². The van der Waals surface area contributed by atoms with Crippen molar-refractivity contribution < 1.29 is 9.47 Å². The second-order valence-corrected chi connectivity index (χ2v) is 5.12. The molecule has 19 heavy (non-hydrogen) atoms. The zero-order valence-corrected chi connectivity index (χ0v) is 11.9. The largest absolute Gasteiger partial charge is 0.493 e. The summed E-state index contributed by atoms with van der Waals surface area (Å²) in [5.74, 6) is 2.15. The SMILES string of the molecule is COc1ccccc1OCC(C)CN1CCNCC1. The van der Waals surface area contributed by atoms with E-state index in [4.69, 9.17) is 9.47 Å². The highest BCUT2D eigenvalue weighted by Gasteiger charge is 2.14. The number of nitrogens with one attached hydrogen (secondary N) is 1. The highest BCUT2D eigenvalue weighted by atomic mass is 16.5. The summed E-state index contributed by atoms with van der Waals surface area (Å²) in [4.78, 5) is 2.49. The van der Waals surface area contributed by atoms with Gasteiger partial charge < -0.3 is 19.7 Å². The monoisotopic (exact) mass is 264 g/mol. The highest BCUT2D eigenvalue weighted by Crippen LogP contribution is 2.26. The molecule has 4 heteroatoms. The number of nitrogens with zero attached hydrogens (tertiary/aromatic N) is 1. The van der Waals surface area contributed by atoms with Crippen LogP contribution in [0.1, 0.15) is 6.92 Å². The van der Waals surface area contributed by atoms with Crippen LogP contribution in [0.3, 0.4) is 0 Å². The number of piperazine rings is 1. The molecule has 2 rings (SSSR count). The molecule has 0 amide bonds. The van der Waals surface area contributed by atoms with Gasteiger partial charge in [-0.1, -0.05) is 19.1 Å². The van der Waals surface area contributed by atoms with Crippen molar-refractivity contribution in [1.29, 1.82) is 0 Å². The van der Waals surface area contributed by atoms with Crippen molar-refractivity contribution in [3.8, 4) is 11.5 Å². The average Bonchev–Trinajstić information content (AvgIpc) is 2.46. The first kappa shape index (κ1) is 14.2. The lowest BCUT2D eigenvalue weighted by Gasteiger charge is -2.29. The molecule has 0 spiro atoms. The van der Waals surface area contributed by atoms with Crippen LogP contribution in [0.4, 0.5) is 0 Å². The Kier molecular flexibility index (Phi) is 5.48. The quantitative estimate of drug-likeness (QED) is 0.846. The number of rotatable bonds is 6. The predicted octanol–water partition coefficient (Wildman–Crippen LogP) is 1.62. The molecule has 1 aliphatic rings. The molecule has 1 aliphatic heterocycles. The van der Waals surface area contributed by atoms with Gasteiger partial charge in [-0.25, -0.2) is 0 Å². The Morgan fingerprint density at radius 2 is 1.89 bits per heavy atom. The van der Waals surface area contributed by atoms with Crippen LogP contribution in [0.5, 0.6) is 11.5 Å². The molecule has 0 bridgehead atoms. The van der Waals surface area contributed by atoms with Crippen LogP contribution in [0, 0.1) is 5.92 Å². The van der Waals surface area contributed by atoms with Crippen LogP contribution in [0.25, 0.3) is 0 Å². The summed E-state index contributed by atoms with van der Waals surface area (Å²) in [6.07, 6.45) is 0. The first-order valence-corrected chi connectivity index (χ1v) is 6.98. The maximum absolute atomic E-state index is 5.86. The molecule has 0 radical (unpaired) electrons. The minimum absolute atomic E-state index is 0.517. The van der Waals surface area contributed by atoms with Gasteiger partial charge >= 0.3 is 0 Å². The van der Waals surface area contributed by atoms with E-state index in [0.717, 1.165) is 50.8 Å². The zero-order valence-electron chi connectivity index (χ0n) is 11.9. The number of methoxy groups -OCH3 is 1. The zero-order chi connectivity index (χ0) is 13.5. The van der Waals surface area contributed by atoms with Crippen LogP contribution in [0.2, 0.25) is 0 Å². The summed E-state index contributed by atoms with van der Waals surface area (Å²) < 4.78 is 11.1. The minimum Gasteiger partial charge on any atom is -0.493 e. The van der Waals surface area contributed by atoms with Crippen LogP contribution in [0.15, 0.2) is 24.3 Å². The Morgan fingerprint density at radius 1 is 1.21 bits per heavy atom. The van der Waals surface area contributed by atoms with E-state index in [1.54, 1.807) is 7.11 Å². The fourth-order valence-corrected chi connectivity index (χ4v) is 2.36. The highest BCUT2D eigenvalue weighted by molar-refractivity contribution is 5.39. The fourth-order valence-electron chi connectivity index (χ4n) is 2.36. The minimum atomic E-state index is 0.517. The van der Waals surface area contributed by atoms with Crippen molar-refractivity contribution in [2.45, 2.75) is 6.92 Å². The van der Waals surface area contributed by atoms with Crippen molar-refractivity contribution >= 4 is 0 Å². The molecule has 0 saturated carbocycles. The second kappa shape index (κ2) is 7.36. The van der Waals surface area contributed by atoms with Crippen LogP contribution < -0.4 is 14.8 Å². The smallest absolute Gasteiger partial charge is 0.161 e. The lowest BCUT2D eigenvalue weighted by atomic mass is 10.1. The Bertz CT molecular complexity index is 378. The third-order valence-corrected chi connectivity index (χ3v) is 3.37. The Balaban J connectivity index is 1.77. The maximum atomic E-state index is 5.86. The van der Waals surface area contributed by atoms with E-state index in [1.165, 1.54) is 0 Å². The molecule has 4 nitrogen and oxygen atoms in total. The van der Waals surface area contributed by atoms with Crippen molar-refractivity contribution in [3.05, 3.63) is 24.3 Å². The normalized spacial score (nSPS) is 18.0. The van der Waals surface area contributed by atoms with Gasteiger partial charge in [-0.05, 0) is 12.1 Å². The van der Waals surface area contributed by atoms with Gasteiger partial charge in [0, 0.05) is 38.6 Å². The van der Waals surface area contributed by atoms with Gasteiger partial charge in [0.1, 0.15) is 0 Å². The molecule has 1 heterocycles. The van der Waals surface area contributed by atoms with Gasteiger partial charge in [-0.2, -0.15) is 0 Å². The molecule has 1 fully saturated rings. The average molecular weight is 264 g/mol. The summed E-state index contributed by atoms with van der Waals surface area (Å²) in [7, 11) is 1.67. The van der Waals surface area contributed by atoms with E-state index in [0.29, 0.717) is 5.92 Å². The molecule has 0 aliphatic carbocycles. The third kappa shape index (κ3) is 4.40. The van der Waals surface area contributed by atoms with Crippen molar-refractivity contribution in [2.75, 3.05) is 46.4 Å². The molecular formula is C15H24N2O2. The van der Waals surface area contributed by atoms with Gasteiger partial charge in [0.25, 0.3) is 0 Å². The van der Waals surface area contributed by atoms with E-state index in [-0.39, 0.29) is 0 Å². The van der Waals surface area contributed by atoms with E-state index >= 15 is 0 Å². The molecule has 106 valence electrons. The Morgan fingerprint density at radius 3 is 2.58 bits per heavy atom. The number of hydrogen-bond acceptors (Lipinski definition) is 4. The van der Waals surface area contributed by atoms with Crippen molar-refractivity contribution in [1.82, 2.24) is 10.2 Å². The molecule has 1 atom stereocenters. The molecule has 1 unspecified atom stereocenters.